The van der Waals surface area contributed by atoms with Crippen molar-refractivity contribution in [2.75, 3.05) is 26.2 Å². The fourth-order valence-corrected chi connectivity index (χ4v) is 4.51. The molecule has 142 valence electrons. The third kappa shape index (κ3) is 4.02. The molecule has 0 radical (unpaired) electrons. The Morgan fingerprint density at radius 1 is 1.23 bits per heavy atom. The Hall–Kier alpha value is -2.04. The average Bonchev–Trinajstić information content (AvgIpc) is 2.64. The van der Waals surface area contributed by atoms with Crippen molar-refractivity contribution in [1.29, 1.82) is 0 Å². The van der Waals surface area contributed by atoms with Crippen LogP contribution in [0.2, 0.25) is 0 Å². The van der Waals surface area contributed by atoms with Crippen molar-refractivity contribution >= 4 is 21.8 Å². The maximum Gasteiger partial charge on any atom is 0.243 e. The van der Waals surface area contributed by atoms with Crippen molar-refractivity contribution in [2.45, 2.75) is 29.8 Å². The molecule has 2 fully saturated rings. The molecule has 2 heterocycles. The maximum absolute atomic E-state index is 13.0. The summed E-state index contributed by atoms with van der Waals surface area (Å²) in [4.78, 5) is 24.2. The lowest BCUT2D eigenvalue weighted by Crippen LogP contribution is -2.61. The molecule has 0 aromatic heterocycles. The molecule has 26 heavy (non-hydrogen) atoms. The molecule has 1 aromatic rings. The minimum atomic E-state index is -3.82. The Bertz CT molecular complexity index is 784. The van der Waals surface area contributed by atoms with Crippen molar-refractivity contribution < 1.29 is 22.4 Å². The largest absolute Gasteiger partial charge is 0.354 e. The van der Waals surface area contributed by atoms with Gasteiger partial charge in [0.05, 0.1) is 4.90 Å². The first-order valence-corrected chi connectivity index (χ1v) is 9.89. The summed E-state index contributed by atoms with van der Waals surface area (Å²) in [6.07, 6.45) is 1.34. The number of piperidine rings is 1. The number of nitrogens with one attached hydrogen (secondary N) is 3. The normalized spacial score (nSPS) is 24.7. The van der Waals surface area contributed by atoms with Crippen LogP contribution in [-0.2, 0) is 19.6 Å². The van der Waals surface area contributed by atoms with Gasteiger partial charge in [-0.15, -0.1) is 0 Å². The van der Waals surface area contributed by atoms with E-state index in [4.69, 9.17) is 0 Å². The van der Waals surface area contributed by atoms with Crippen LogP contribution in [0.1, 0.15) is 12.8 Å². The number of piperazine rings is 1. The van der Waals surface area contributed by atoms with Crippen LogP contribution in [-0.4, -0.2) is 62.8 Å². The maximum atomic E-state index is 13.0. The van der Waals surface area contributed by atoms with E-state index in [1.807, 2.05) is 0 Å². The number of hydrogen-bond acceptors (Lipinski definition) is 5. The highest BCUT2D eigenvalue weighted by Crippen LogP contribution is 2.18. The van der Waals surface area contributed by atoms with Gasteiger partial charge in [0, 0.05) is 26.2 Å². The lowest BCUT2D eigenvalue weighted by Gasteiger charge is -2.33. The predicted octanol–water partition coefficient (Wildman–Crippen LogP) is -0.817. The molecule has 2 amide bonds. The zero-order valence-electron chi connectivity index (χ0n) is 14.1. The van der Waals surface area contributed by atoms with Crippen molar-refractivity contribution in [3.63, 3.8) is 0 Å². The molecular formula is C16H21FN4O4S. The van der Waals surface area contributed by atoms with Crippen LogP contribution in [0.15, 0.2) is 29.2 Å². The molecule has 2 saturated heterocycles. The average molecular weight is 384 g/mol. The van der Waals surface area contributed by atoms with Gasteiger partial charge in [-0.2, -0.15) is 4.31 Å². The molecule has 1 aromatic carbocycles. The quantitative estimate of drug-likeness (QED) is 0.629. The molecule has 0 saturated carbocycles. The summed E-state index contributed by atoms with van der Waals surface area (Å²) in [5, 5.41) is 8.34. The van der Waals surface area contributed by atoms with E-state index in [1.54, 1.807) is 0 Å². The highest BCUT2D eigenvalue weighted by molar-refractivity contribution is 7.89. The van der Waals surface area contributed by atoms with E-state index in [0.29, 0.717) is 19.5 Å². The van der Waals surface area contributed by atoms with Gasteiger partial charge >= 0.3 is 0 Å². The van der Waals surface area contributed by atoms with Crippen molar-refractivity contribution in [3.05, 3.63) is 30.1 Å². The van der Waals surface area contributed by atoms with Crippen LogP contribution in [0.3, 0.4) is 0 Å². The minimum Gasteiger partial charge on any atom is -0.354 e. The summed E-state index contributed by atoms with van der Waals surface area (Å²) >= 11 is 0. The molecule has 3 rings (SSSR count). The van der Waals surface area contributed by atoms with Crippen LogP contribution >= 0.6 is 0 Å². The molecule has 2 aliphatic heterocycles. The highest BCUT2D eigenvalue weighted by atomic mass is 32.2. The number of rotatable bonds is 4. The molecule has 2 unspecified atom stereocenters. The lowest BCUT2D eigenvalue weighted by atomic mass is 10.1. The number of carbonyl (C=O) groups is 2. The number of hydrogen-bond donors (Lipinski definition) is 3. The standard InChI is InChI=1S/C16H21FN4O4S/c17-11-3-5-12(6-4-11)26(24,25)21-9-8-18-14(10-21)16(23)20-13-2-1-7-19-15(13)22/h3-6,13-14,18H,1-2,7-10H2,(H,19,22)(H,20,23). The van der Waals surface area contributed by atoms with Gasteiger partial charge in [0.15, 0.2) is 0 Å². The molecule has 0 bridgehead atoms. The smallest absolute Gasteiger partial charge is 0.243 e. The van der Waals surface area contributed by atoms with Gasteiger partial charge in [-0.1, -0.05) is 0 Å². The Kier molecular flexibility index (Phi) is 5.54. The number of benzene rings is 1. The second-order valence-electron chi connectivity index (χ2n) is 6.32. The molecular weight excluding hydrogens is 363 g/mol. The predicted molar refractivity (Wildman–Crippen MR) is 91.1 cm³/mol. The van der Waals surface area contributed by atoms with E-state index in [9.17, 15) is 22.4 Å². The van der Waals surface area contributed by atoms with E-state index in [-0.39, 0.29) is 23.9 Å². The summed E-state index contributed by atoms with van der Waals surface area (Å²) in [5.74, 6) is -1.16. The first-order valence-electron chi connectivity index (χ1n) is 8.45. The summed E-state index contributed by atoms with van der Waals surface area (Å²) in [6, 6.07) is 3.22. The third-order valence-electron chi connectivity index (χ3n) is 4.51. The molecule has 8 nitrogen and oxygen atoms in total. The molecule has 0 aliphatic carbocycles. The van der Waals surface area contributed by atoms with Crippen LogP contribution in [0, 0.1) is 5.82 Å². The van der Waals surface area contributed by atoms with Gasteiger partial charge in [0.2, 0.25) is 21.8 Å². The van der Waals surface area contributed by atoms with Gasteiger partial charge in [0.25, 0.3) is 0 Å². The summed E-state index contributed by atoms with van der Waals surface area (Å²) in [5.41, 5.74) is 0. The van der Waals surface area contributed by atoms with Crippen molar-refractivity contribution in [3.8, 4) is 0 Å². The second-order valence-corrected chi connectivity index (χ2v) is 8.26. The van der Waals surface area contributed by atoms with Crippen molar-refractivity contribution in [1.82, 2.24) is 20.3 Å². The topological polar surface area (TPSA) is 108 Å². The number of amides is 2. The Balaban J connectivity index is 1.67. The van der Waals surface area contributed by atoms with Crippen LogP contribution in [0.5, 0.6) is 0 Å². The van der Waals surface area contributed by atoms with E-state index < -0.39 is 33.8 Å². The van der Waals surface area contributed by atoms with Crippen LogP contribution in [0.25, 0.3) is 0 Å². The molecule has 2 atom stereocenters. The number of carbonyl (C=O) groups excluding carboxylic acids is 2. The Labute approximate surface area is 151 Å². The van der Waals surface area contributed by atoms with Gasteiger partial charge in [0.1, 0.15) is 17.9 Å². The van der Waals surface area contributed by atoms with Crippen LogP contribution in [0.4, 0.5) is 4.39 Å². The lowest BCUT2D eigenvalue weighted by molar-refractivity contribution is -0.131. The molecule has 0 spiro atoms. The summed E-state index contributed by atoms with van der Waals surface area (Å²) < 4.78 is 39.6. The first-order chi connectivity index (χ1) is 12.4. The first kappa shape index (κ1) is 18.7. The Morgan fingerprint density at radius 2 is 1.96 bits per heavy atom. The number of halogens is 1. The highest BCUT2D eigenvalue weighted by Gasteiger charge is 2.34. The van der Waals surface area contributed by atoms with Gasteiger partial charge in [-0.05, 0) is 37.1 Å². The van der Waals surface area contributed by atoms with Gasteiger partial charge in [-0.25, -0.2) is 12.8 Å². The SMILES string of the molecule is O=C(NC1CCCNC1=O)C1CN(S(=O)(=O)c2ccc(F)cc2)CCN1. The number of nitrogens with zero attached hydrogens (tertiary/aromatic N) is 1. The molecule has 3 N–H and O–H groups in total. The minimum absolute atomic E-state index is 0.0217. The summed E-state index contributed by atoms with van der Waals surface area (Å²) in [6.45, 7) is 1.04. The van der Waals surface area contributed by atoms with Crippen LogP contribution < -0.4 is 16.0 Å². The van der Waals surface area contributed by atoms with E-state index in [2.05, 4.69) is 16.0 Å². The third-order valence-corrected chi connectivity index (χ3v) is 6.39. The van der Waals surface area contributed by atoms with E-state index in [0.717, 1.165) is 18.6 Å². The summed E-state index contributed by atoms with van der Waals surface area (Å²) in [7, 11) is -3.82. The molecule has 10 heteroatoms. The fraction of sp³-hybridized carbons (Fsp3) is 0.500. The zero-order valence-corrected chi connectivity index (χ0v) is 14.9. The van der Waals surface area contributed by atoms with Gasteiger partial charge < -0.3 is 16.0 Å². The number of sulfonamides is 1. The zero-order chi connectivity index (χ0) is 18.7. The molecule has 2 aliphatic rings. The van der Waals surface area contributed by atoms with E-state index >= 15 is 0 Å². The van der Waals surface area contributed by atoms with E-state index in [1.165, 1.54) is 16.4 Å². The monoisotopic (exact) mass is 384 g/mol. The Morgan fingerprint density at radius 3 is 2.65 bits per heavy atom. The van der Waals surface area contributed by atoms with Crippen molar-refractivity contribution in [2.24, 2.45) is 0 Å². The second kappa shape index (κ2) is 7.68. The van der Waals surface area contributed by atoms with Gasteiger partial charge in [-0.3, -0.25) is 9.59 Å². The fourth-order valence-electron chi connectivity index (χ4n) is 3.05.